The topological polar surface area (TPSA) is 52.6 Å². The lowest BCUT2D eigenvalue weighted by Gasteiger charge is -2.04. The van der Waals surface area contributed by atoms with Crippen molar-refractivity contribution in [3.63, 3.8) is 0 Å². The zero-order valence-corrected chi connectivity index (χ0v) is 38.0. The van der Waals surface area contributed by atoms with Gasteiger partial charge >= 0.3 is 33.1 Å². The first-order chi connectivity index (χ1) is 26.1. The highest BCUT2D eigenvalue weighted by atomic mass is 127. The molecule has 0 N–H and O–H groups in total. The lowest BCUT2D eigenvalue weighted by molar-refractivity contribution is -0.585. The third-order valence-electron chi connectivity index (χ3n) is 10.2. The summed E-state index contributed by atoms with van der Waals surface area (Å²) < 4.78 is 13.6. The van der Waals surface area contributed by atoms with Crippen LogP contribution in [0.15, 0.2) is 24.3 Å². The largest absolute Gasteiger partial charge is 0.462 e. The van der Waals surface area contributed by atoms with E-state index in [0.717, 1.165) is 25.7 Å². The normalized spacial score (nSPS) is 11.4. The van der Waals surface area contributed by atoms with Gasteiger partial charge in [0.05, 0.1) is 13.2 Å². The molecule has 2 rings (SSSR count). The summed E-state index contributed by atoms with van der Waals surface area (Å²) in [6.45, 7) is 5.59. The predicted octanol–water partition coefficient (Wildman–Crippen LogP) is 12.8. The van der Waals surface area contributed by atoms with Gasteiger partial charge in [-0.3, -0.25) is 0 Å². The maximum absolute atomic E-state index is 12.6. The number of thiophene rings is 2. The van der Waals surface area contributed by atoms with E-state index in [-0.39, 0.29) is 11.9 Å². The van der Waals surface area contributed by atoms with Crippen LogP contribution in [0.4, 0.5) is 0 Å². The monoisotopic (exact) mass is 885 g/mol. The molecule has 0 amide bonds. The van der Waals surface area contributed by atoms with Crippen LogP contribution in [0.1, 0.15) is 239 Å². The van der Waals surface area contributed by atoms with E-state index >= 15 is 0 Å². The van der Waals surface area contributed by atoms with Crippen LogP contribution < -0.4 is 21.2 Å². The maximum atomic E-state index is 12.6. The highest BCUT2D eigenvalue weighted by Gasteiger charge is 2.24. The molecule has 304 valence electrons. The molecule has 0 aromatic carbocycles. The van der Waals surface area contributed by atoms with Crippen molar-refractivity contribution in [3.05, 3.63) is 39.8 Å². The van der Waals surface area contributed by atoms with Gasteiger partial charge < -0.3 is 9.47 Å². The van der Waals surface area contributed by atoms with Crippen molar-refractivity contribution in [1.82, 2.24) is 0 Å². The Morgan fingerprint density at radius 3 is 0.906 bits per heavy atom. The maximum Gasteiger partial charge on any atom is 0.381 e. The minimum Gasteiger partial charge on any atom is -0.462 e. The summed E-state index contributed by atoms with van der Waals surface area (Å²) >= 11 is 2.65. The summed E-state index contributed by atoms with van der Waals surface area (Å²) in [6.07, 6.45) is 42.8. The van der Waals surface area contributed by atoms with E-state index < -0.39 is 21.2 Å². The fourth-order valence-corrected chi connectivity index (χ4v) is 12.9. The Hall–Kier alpha value is -0.930. The molecule has 0 saturated carbocycles. The number of esters is 2. The Morgan fingerprint density at radius 2 is 0.642 bits per heavy atom. The minimum absolute atomic E-state index is 0.198. The van der Waals surface area contributed by atoms with E-state index in [1.54, 1.807) is 22.7 Å². The van der Waals surface area contributed by atoms with Gasteiger partial charge in [0.2, 0.25) is 5.77 Å². The van der Waals surface area contributed by atoms with E-state index in [0.29, 0.717) is 23.0 Å². The van der Waals surface area contributed by atoms with Crippen LogP contribution >= 0.6 is 22.7 Å². The molecule has 0 radical (unpaired) electrons. The van der Waals surface area contributed by atoms with Gasteiger partial charge in [-0.15, -0.1) is 0 Å². The van der Waals surface area contributed by atoms with Crippen LogP contribution in [-0.2, 0) is 9.47 Å². The van der Waals surface area contributed by atoms with Crippen molar-refractivity contribution in [1.29, 1.82) is 0 Å². The van der Waals surface area contributed by atoms with Crippen molar-refractivity contribution < 1.29 is 40.3 Å². The van der Waals surface area contributed by atoms with E-state index in [4.69, 9.17) is 9.47 Å². The molecule has 2 aromatic rings. The van der Waals surface area contributed by atoms with Gasteiger partial charge in [0.15, 0.2) is 0 Å². The Morgan fingerprint density at radius 1 is 0.396 bits per heavy atom. The predicted molar refractivity (Wildman–Crippen MR) is 226 cm³/mol. The molecule has 0 spiro atoms. The number of unbranched alkanes of at least 4 members (excludes halogenated alkanes) is 30. The molecule has 53 heavy (non-hydrogen) atoms. The minimum atomic E-state index is -0.432. The average molecular weight is 886 g/mol. The van der Waals surface area contributed by atoms with Gasteiger partial charge in [-0.2, -0.15) is 0 Å². The summed E-state index contributed by atoms with van der Waals surface area (Å²) in [6, 6.07) is 7.91. The standard InChI is InChI=1S/C46H78IO4S2/c1-3-5-7-9-11-13-15-17-19-21-23-25-27-29-31-33-39-50-45(48)41-35-37-43(52-41)47-44-38-36-42(53-44)46(49)51-40-34-32-30-28-26-24-22-20-18-16-14-12-10-8-6-4-2/h35-38H,3-34,39-40H2,1-2H3/q+1. The molecule has 0 atom stereocenters. The van der Waals surface area contributed by atoms with Gasteiger partial charge in [-0.1, -0.05) is 229 Å². The zero-order chi connectivity index (χ0) is 37.9. The van der Waals surface area contributed by atoms with Crippen molar-refractivity contribution in [2.24, 2.45) is 0 Å². The SMILES string of the molecule is CCCCCCCCCCCCCCCCCCOC(=O)c1ccc([I+]c2ccc(C(=O)OCCCCCCCCCCCCCCCCCC)s2)s1. The molecular weight excluding hydrogens is 808 g/mol. The van der Waals surface area contributed by atoms with Crippen LogP contribution in [0.3, 0.4) is 0 Å². The van der Waals surface area contributed by atoms with Crippen molar-refractivity contribution in [3.8, 4) is 0 Å². The molecule has 7 heteroatoms. The van der Waals surface area contributed by atoms with Gasteiger partial charge in [-0.05, 0) is 25.0 Å². The molecule has 0 aliphatic carbocycles. The van der Waals surface area contributed by atoms with Gasteiger partial charge in [0.25, 0.3) is 0 Å². The molecule has 0 aliphatic heterocycles. The fourth-order valence-electron chi connectivity index (χ4n) is 6.81. The Bertz CT molecular complexity index is 1040. The summed E-state index contributed by atoms with van der Waals surface area (Å²) in [5, 5.41) is 0. The van der Waals surface area contributed by atoms with Crippen LogP contribution in [0.25, 0.3) is 0 Å². The molecule has 2 aromatic heterocycles. The van der Waals surface area contributed by atoms with Crippen molar-refractivity contribution in [2.75, 3.05) is 13.2 Å². The molecule has 4 nitrogen and oxygen atoms in total. The van der Waals surface area contributed by atoms with Crippen LogP contribution in [0.5, 0.6) is 0 Å². The molecule has 0 fully saturated rings. The van der Waals surface area contributed by atoms with E-state index in [2.05, 4.69) is 26.0 Å². The lowest BCUT2D eigenvalue weighted by atomic mass is 10.0. The second-order valence-electron chi connectivity index (χ2n) is 15.2. The summed E-state index contributed by atoms with van der Waals surface area (Å²) in [5.74, 6) is -0.397. The Labute approximate surface area is 345 Å². The third-order valence-corrected chi connectivity index (χ3v) is 16.0. The molecule has 0 aliphatic rings. The molecule has 0 unspecified atom stereocenters. The van der Waals surface area contributed by atoms with Crippen LogP contribution in [0, 0.1) is 5.77 Å². The first kappa shape index (κ1) is 48.2. The molecular formula is C46H78IO4S2+. The van der Waals surface area contributed by atoms with Crippen molar-refractivity contribution >= 4 is 34.6 Å². The summed E-state index contributed by atoms with van der Waals surface area (Å²) in [5.41, 5.74) is 0. The van der Waals surface area contributed by atoms with Crippen LogP contribution in [0.2, 0.25) is 0 Å². The van der Waals surface area contributed by atoms with Crippen molar-refractivity contribution in [2.45, 2.75) is 219 Å². The van der Waals surface area contributed by atoms with E-state index in [1.165, 1.54) is 186 Å². The summed E-state index contributed by atoms with van der Waals surface area (Å²) in [7, 11) is 0. The van der Waals surface area contributed by atoms with E-state index in [9.17, 15) is 9.59 Å². The average Bonchev–Trinajstić information content (AvgIpc) is 3.84. The number of carbonyl (C=O) groups excluding carboxylic acids is 2. The zero-order valence-electron chi connectivity index (χ0n) is 34.2. The molecule has 0 saturated heterocycles. The highest BCUT2D eigenvalue weighted by Crippen LogP contribution is 2.17. The number of ether oxygens (including phenoxy) is 2. The number of hydrogen-bond acceptors (Lipinski definition) is 6. The number of carbonyl (C=O) groups is 2. The Balaban J connectivity index is 1.41. The molecule has 2 heterocycles. The lowest BCUT2D eigenvalue weighted by Crippen LogP contribution is -3.61. The smallest absolute Gasteiger partial charge is 0.381 e. The number of hydrogen-bond donors (Lipinski definition) is 0. The first-order valence-corrected chi connectivity index (χ1v) is 26.1. The highest BCUT2D eigenvalue weighted by molar-refractivity contribution is 7.12. The molecule has 0 bridgehead atoms. The first-order valence-electron chi connectivity index (χ1n) is 22.3. The van der Waals surface area contributed by atoms with E-state index in [1.807, 2.05) is 12.1 Å². The van der Waals surface area contributed by atoms with Gasteiger partial charge in [0.1, 0.15) is 9.75 Å². The summed E-state index contributed by atoms with van der Waals surface area (Å²) in [4.78, 5) is 26.6. The fraction of sp³-hybridized carbons (Fsp3) is 0.783. The number of halogens is 1. The van der Waals surface area contributed by atoms with Crippen LogP contribution in [-0.4, -0.2) is 25.2 Å². The van der Waals surface area contributed by atoms with Gasteiger partial charge in [-0.25, -0.2) is 9.59 Å². The Kier molecular flexibility index (Phi) is 32.3. The second-order valence-corrected chi connectivity index (χ2v) is 21.7. The third kappa shape index (κ3) is 27.3. The number of rotatable bonds is 38. The quantitative estimate of drug-likeness (QED) is 0.0383. The van der Waals surface area contributed by atoms with Gasteiger partial charge in [0, 0.05) is 12.1 Å². The second kappa shape index (κ2) is 35.5.